The largest absolute Gasteiger partial charge is 0.322 e. The van der Waals surface area contributed by atoms with Crippen molar-refractivity contribution in [2.24, 2.45) is 0 Å². The van der Waals surface area contributed by atoms with Crippen LogP contribution in [0.25, 0.3) is 0 Å². The Balaban J connectivity index is 1.81. The van der Waals surface area contributed by atoms with Gasteiger partial charge in [0, 0.05) is 30.4 Å². The third kappa shape index (κ3) is 3.19. The molecule has 1 aliphatic heterocycles. The molecule has 0 radical (unpaired) electrons. The lowest BCUT2D eigenvalue weighted by Crippen LogP contribution is -2.25. The minimum Gasteiger partial charge on any atom is -0.322 e. The Bertz CT molecular complexity index is 805. The number of amides is 2. The predicted molar refractivity (Wildman–Crippen MR) is 92.6 cm³/mol. The highest BCUT2D eigenvalue weighted by atomic mass is 35.5. The summed E-state index contributed by atoms with van der Waals surface area (Å²) in [5.41, 5.74) is 3.00. The fourth-order valence-electron chi connectivity index (χ4n) is 2.65. The number of anilines is 2. The molecule has 0 spiro atoms. The number of nitrogens with zero attached hydrogens (tertiary/aromatic N) is 1. The number of rotatable bonds is 2. The number of hydrogen-bond donors (Lipinski definition) is 1. The predicted octanol–water partition coefficient (Wildman–Crippen LogP) is 4.15. The highest BCUT2D eigenvalue weighted by molar-refractivity contribution is 6.42. The second-order valence-corrected chi connectivity index (χ2v) is 6.16. The zero-order valence-electron chi connectivity index (χ0n) is 12.4. The van der Waals surface area contributed by atoms with E-state index in [9.17, 15) is 9.59 Å². The van der Waals surface area contributed by atoms with Gasteiger partial charge in [-0.25, -0.2) is 0 Å². The fourth-order valence-corrected chi connectivity index (χ4v) is 2.95. The molecule has 0 saturated heterocycles. The molecule has 1 N–H and O–H groups in total. The summed E-state index contributed by atoms with van der Waals surface area (Å²) in [6.07, 6.45) is 0.753. The quantitative estimate of drug-likeness (QED) is 0.885. The Morgan fingerprint density at radius 3 is 2.57 bits per heavy atom. The lowest BCUT2D eigenvalue weighted by atomic mass is 10.1. The Kier molecular flexibility index (Phi) is 4.28. The van der Waals surface area contributed by atoms with Crippen molar-refractivity contribution in [1.82, 2.24) is 0 Å². The van der Waals surface area contributed by atoms with Gasteiger partial charge >= 0.3 is 0 Å². The monoisotopic (exact) mass is 348 g/mol. The molecule has 2 aromatic carbocycles. The second kappa shape index (κ2) is 6.22. The van der Waals surface area contributed by atoms with Crippen LogP contribution in [0.15, 0.2) is 36.4 Å². The third-order valence-electron chi connectivity index (χ3n) is 3.79. The van der Waals surface area contributed by atoms with E-state index in [1.807, 2.05) is 12.1 Å². The molecule has 0 fully saturated rings. The fraction of sp³-hybridized carbons (Fsp3) is 0.176. The van der Waals surface area contributed by atoms with E-state index in [-0.39, 0.29) is 11.8 Å². The van der Waals surface area contributed by atoms with Crippen LogP contribution in [-0.2, 0) is 11.2 Å². The summed E-state index contributed by atoms with van der Waals surface area (Å²) < 4.78 is 0. The van der Waals surface area contributed by atoms with Crippen LogP contribution >= 0.6 is 23.2 Å². The van der Waals surface area contributed by atoms with Crippen LogP contribution in [0.4, 0.5) is 11.4 Å². The SMILES string of the molecule is CC(=O)N1CCc2cc(C(=O)Nc3ccc(Cl)c(Cl)c3)ccc21. The summed E-state index contributed by atoms with van der Waals surface area (Å²) in [5.74, 6) is -0.218. The molecule has 0 unspecified atom stereocenters. The molecule has 4 nitrogen and oxygen atoms in total. The van der Waals surface area contributed by atoms with E-state index in [1.54, 1.807) is 36.1 Å². The maximum atomic E-state index is 12.4. The molecule has 6 heteroatoms. The van der Waals surface area contributed by atoms with E-state index in [2.05, 4.69) is 5.32 Å². The van der Waals surface area contributed by atoms with Gasteiger partial charge in [-0.15, -0.1) is 0 Å². The van der Waals surface area contributed by atoms with Crippen LogP contribution in [0.5, 0.6) is 0 Å². The van der Waals surface area contributed by atoms with Crippen LogP contribution in [0.2, 0.25) is 10.0 Å². The van der Waals surface area contributed by atoms with Gasteiger partial charge < -0.3 is 10.2 Å². The van der Waals surface area contributed by atoms with E-state index in [1.165, 1.54) is 0 Å². The van der Waals surface area contributed by atoms with Crippen molar-refractivity contribution in [2.45, 2.75) is 13.3 Å². The van der Waals surface area contributed by atoms with Gasteiger partial charge in [0.1, 0.15) is 0 Å². The van der Waals surface area contributed by atoms with E-state index >= 15 is 0 Å². The van der Waals surface area contributed by atoms with Crippen molar-refractivity contribution in [1.29, 1.82) is 0 Å². The molecule has 0 aliphatic carbocycles. The molecule has 0 saturated carbocycles. The maximum absolute atomic E-state index is 12.4. The number of hydrogen-bond acceptors (Lipinski definition) is 2. The molecule has 0 aromatic heterocycles. The summed E-state index contributed by atoms with van der Waals surface area (Å²) in [6.45, 7) is 2.20. The van der Waals surface area contributed by atoms with Gasteiger partial charge in [0.15, 0.2) is 0 Å². The van der Waals surface area contributed by atoms with Gasteiger partial charge in [-0.2, -0.15) is 0 Å². The first kappa shape index (κ1) is 15.8. The van der Waals surface area contributed by atoms with Gasteiger partial charge in [-0.05, 0) is 48.4 Å². The van der Waals surface area contributed by atoms with Crippen LogP contribution in [-0.4, -0.2) is 18.4 Å². The number of carbonyl (C=O) groups excluding carboxylic acids is 2. The molecule has 0 bridgehead atoms. The lowest BCUT2D eigenvalue weighted by molar-refractivity contribution is -0.116. The summed E-state index contributed by atoms with van der Waals surface area (Å²) in [4.78, 5) is 25.6. The first-order valence-corrected chi connectivity index (χ1v) is 7.89. The minimum atomic E-state index is -0.229. The summed E-state index contributed by atoms with van der Waals surface area (Å²) in [7, 11) is 0. The van der Waals surface area contributed by atoms with Crippen molar-refractivity contribution in [3.05, 3.63) is 57.6 Å². The van der Waals surface area contributed by atoms with Gasteiger partial charge in [-0.3, -0.25) is 9.59 Å². The molecule has 2 amide bonds. The zero-order valence-corrected chi connectivity index (χ0v) is 13.9. The average Bonchev–Trinajstić information content (AvgIpc) is 2.94. The van der Waals surface area contributed by atoms with Crippen molar-refractivity contribution < 1.29 is 9.59 Å². The first-order chi connectivity index (χ1) is 11.0. The molecule has 3 rings (SSSR count). The molecular formula is C17H14Cl2N2O2. The molecule has 2 aromatic rings. The summed E-state index contributed by atoms with van der Waals surface area (Å²) in [5, 5.41) is 3.61. The topological polar surface area (TPSA) is 49.4 Å². The molecular weight excluding hydrogens is 335 g/mol. The normalized spacial score (nSPS) is 12.9. The molecule has 1 heterocycles. The van der Waals surface area contributed by atoms with Crippen molar-refractivity contribution >= 4 is 46.4 Å². The van der Waals surface area contributed by atoms with Crippen molar-refractivity contribution in [3.63, 3.8) is 0 Å². The van der Waals surface area contributed by atoms with Crippen molar-refractivity contribution in [3.8, 4) is 0 Å². The van der Waals surface area contributed by atoms with Gasteiger partial charge in [-0.1, -0.05) is 23.2 Å². The number of carbonyl (C=O) groups is 2. The second-order valence-electron chi connectivity index (χ2n) is 5.35. The number of nitrogens with one attached hydrogen (secondary N) is 1. The highest BCUT2D eigenvalue weighted by Crippen LogP contribution is 2.29. The van der Waals surface area contributed by atoms with Gasteiger partial charge in [0.25, 0.3) is 5.91 Å². The van der Waals surface area contributed by atoms with Crippen LogP contribution in [0.3, 0.4) is 0 Å². The molecule has 23 heavy (non-hydrogen) atoms. The summed E-state index contributed by atoms with van der Waals surface area (Å²) in [6, 6.07) is 10.3. The van der Waals surface area contributed by atoms with Gasteiger partial charge in [0.2, 0.25) is 5.91 Å². The standard InChI is InChI=1S/C17H14Cl2N2O2/c1-10(22)21-7-6-11-8-12(2-5-16(11)21)17(23)20-13-3-4-14(18)15(19)9-13/h2-5,8-9H,6-7H2,1H3,(H,20,23). The minimum absolute atomic E-state index is 0.0109. The molecule has 118 valence electrons. The smallest absolute Gasteiger partial charge is 0.255 e. The van der Waals surface area contributed by atoms with E-state index in [4.69, 9.17) is 23.2 Å². The summed E-state index contributed by atoms with van der Waals surface area (Å²) >= 11 is 11.8. The average molecular weight is 349 g/mol. The maximum Gasteiger partial charge on any atom is 0.255 e. The van der Waals surface area contributed by atoms with E-state index in [0.717, 1.165) is 17.7 Å². The first-order valence-electron chi connectivity index (χ1n) is 7.13. The zero-order chi connectivity index (χ0) is 16.6. The van der Waals surface area contributed by atoms with Gasteiger partial charge in [0.05, 0.1) is 10.0 Å². The lowest BCUT2D eigenvalue weighted by Gasteiger charge is -2.14. The number of benzene rings is 2. The van der Waals surface area contributed by atoms with Crippen LogP contribution < -0.4 is 10.2 Å². The van der Waals surface area contributed by atoms with Crippen molar-refractivity contribution in [2.75, 3.05) is 16.8 Å². The highest BCUT2D eigenvalue weighted by Gasteiger charge is 2.23. The Morgan fingerprint density at radius 1 is 1.09 bits per heavy atom. The third-order valence-corrected chi connectivity index (χ3v) is 4.53. The van der Waals surface area contributed by atoms with Crippen LogP contribution in [0.1, 0.15) is 22.8 Å². The Morgan fingerprint density at radius 2 is 1.87 bits per heavy atom. The van der Waals surface area contributed by atoms with Crippen LogP contribution in [0, 0.1) is 0 Å². The molecule has 0 atom stereocenters. The number of fused-ring (bicyclic) bond motifs is 1. The Labute approximate surface area is 144 Å². The number of halogens is 2. The molecule has 1 aliphatic rings. The van der Waals surface area contributed by atoms with E-state index in [0.29, 0.717) is 27.8 Å². The van der Waals surface area contributed by atoms with E-state index < -0.39 is 0 Å². The Hall–Kier alpha value is -2.04.